The standard InChI is InChI=1S/2C8H11.4ClH.W/c2*1-7(2)8-5-3-4-6-8;;;;;/h2*3,5,7H,4H2,1-2H3;4*1H;/q;;;;;;+4/p-4. The van der Waals surface area contributed by atoms with E-state index in [-0.39, 0.29) is 49.6 Å². The SMILES string of the molecule is CC(C)C1=[C]([W+4][C]2=C(C(C)C)C=CC2)CC=C1.[Cl-].[Cl-].[Cl-].[Cl-]. The van der Waals surface area contributed by atoms with Gasteiger partial charge in [-0.15, -0.1) is 0 Å². The Balaban J connectivity index is -0.000000810. The van der Waals surface area contributed by atoms with Gasteiger partial charge in [0.1, 0.15) is 0 Å². The van der Waals surface area contributed by atoms with Crippen molar-refractivity contribution in [1.82, 2.24) is 0 Å². The molecule has 0 heterocycles. The third-order valence-corrected chi connectivity index (χ3v) is 8.00. The van der Waals surface area contributed by atoms with E-state index in [9.17, 15) is 0 Å². The molecule has 0 aliphatic heterocycles. The molecule has 2 aliphatic rings. The minimum Gasteiger partial charge on any atom is -1.00 e. The second kappa shape index (κ2) is 12.3. The number of rotatable bonds is 4. The molecule has 2 aliphatic carbocycles. The van der Waals surface area contributed by atoms with Gasteiger partial charge in [0.15, 0.2) is 0 Å². The van der Waals surface area contributed by atoms with Gasteiger partial charge in [-0.2, -0.15) is 0 Å². The van der Waals surface area contributed by atoms with Crippen molar-refractivity contribution in [2.75, 3.05) is 0 Å². The molecule has 0 nitrogen and oxygen atoms in total. The van der Waals surface area contributed by atoms with Crippen LogP contribution in [0.3, 0.4) is 0 Å². The normalized spacial score (nSPS) is 15.5. The predicted octanol–water partition coefficient (Wildman–Crippen LogP) is -7.18. The van der Waals surface area contributed by atoms with Crippen LogP contribution < -0.4 is 49.6 Å². The van der Waals surface area contributed by atoms with E-state index < -0.39 is 18.6 Å². The molecule has 0 unspecified atom stereocenters. The molecule has 0 spiro atoms. The fourth-order valence-electron chi connectivity index (χ4n) is 2.39. The molecule has 2 rings (SSSR count). The summed E-state index contributed by atoms with van der Waals surface area (Å²) in [5.41, 5.74) is 3.30. The van der Waals surface area contributed by atoms with Gasteiger partial charge >= 0.3 is 114 Å². The van der Waals surface area contributed by atoms with Crippen molar-refractivity contribution in [3.63, 3.8) is 0 Å². The molecule has 0 aromatic rings. The van der Waals surface area contributed by atoms with E-state index in [2.05, 4.69) is 52.0 Å². The number of halogens is 4. The van der Waals surface area contributed by atoms with Crippen molar-refractivity contribution in [2.24, 2.45) is 11.8 Å². The van der Waals surface area contributed by atoms with Crippen LogP contribution >= 0.6 is 0 Å². The molecule has 0 fully saturated rings. The maximum Gasteiger partial charge on any atom is -1.00 e. The molecule has 0 atom stereocenters. The van der Waals surface area contributed by atoms with Crippen LogP contribution in [0.5, 0.6) is 0 Å². The third-order valence-electron chi connectivity index (χ3n) is 3.34. The zero-order valence-corrected chi connectivity index (χ0v) is 18.8. The van der Waals surface area contributed by atoms with Gasteiger partial charge in [-0.25, -0.2) is 0 Å². The van der Waals surface area contributed by atoms with Gasteiger partial charge in [0.25, 0.3) is 0 Å². The summed E-state index contributed by atoms with van der Waals surface area (Å²) in [7, 11) is 0. The Bertz CT molecular complexity index is 392. The third kappa shape index (κ3) is 6.84. The van der Waals surface area contributed by atoms with Crippen molar-refractivity contribution in [3.8, 4) is 0 Å². The summed E-state index contributed by atoms with van der Waals surface area (Å²) in [6.07, 6.45) is 12.0. The molecular weight excluding hydrogens is 518 g/mol. The van der Waals surface area contributed by atoms with E-state index in [1.807, 2.05) is 7.93 Å². The van der Waals surface area contributed by atoms with E-state index in [0.29, 0.717) is 11.8 Å². The van der Waals surface area contributed by atoms with E-state index in [4.69, 9.17) is 0 Å². The second-order valence-corrected chi connectivity index (χ2v) is 9.66. The average Bonchev–Trinajstić information content (AvgIpc) is 2.86. The van der Waals surface area contributed by atoms with Crippen molar-refractivity contribution < 1.29 is 68.2 Å². The van der Waals surface area contributed by atoms with Crippen LogP contribution in [-0.2, 0) is 18.6 Å². The monoisotopic (exact) mass is 538 g/mol. The molecule has 0 radical (unpaired) electrons. The van der Waals surface area contributed by atoms with Crippen molar-refractivity contribution in [2.45, 2.75) is 40.5 Å². The molecule has 0 N–H and O–H groups in total. The summed E-state index contributed by atoms with van der Waals surface area (Å²) in [5.74, 6) is 1.42. The molecule has 0 saturated carbocycles. The summed E-state index contributed by atoms with van der Waals surface area (Å²) in [6.45, 7) is 9.31. The van der Waals surface area contributed by atoms with Gasteiger partial charge in [-0.3, -0.25) is 0 Å². The van der Waals surface area contributed by atoms with Crippen LogP contribution in [0.2, 0.25) is 0 Å². The average molecular weight is 540 g/mol. The molecule has 0 bridgehead atoms. The van der Waals surface area contributed by atoms with Crippen molar-refractivity contribution in [3.05, 3.63) is 43.4 Å². The van der Waals surface area contributed by atoms with Gasteiger partial charge in [0, 0.05) is 0 Å². The van der Waals surface area contributed by atoms with Gasteiger partial charge in [-0.05, 0) is 0 Å². The van der Waals surface area contributed by atoms with Crippen LogP contribution in [0.25, 0.3) is 0 Å². The Hall–Kier alpha value is 0.808. The zero-order valence-electron chi connectivity index (χ0n) is 12.8. The molecule has 120 valence electrons. The Morgan fingerprint density at radius 2 is 1.05 bits per heavy atom. The van der Waals surface area contributed by atoms with Gasteiger partial charge < -0.3 is 49.6 Å². The maximum absolute atomic E-state index is 2.37. The summed E-state index contributed by atoms with van der Waals surface area (Å²) >= 11 is -0.458. The maximum atomic E-state index is 2.37. The van der Waals surface area contributed by atoms with Crippen LogP contribution in [0.1, 0.15) is 40.5 Å². The van der Waals surface area contributed by atoms with Crippen LogP contribution in [0, 0.1) is 11.8 Å². The Morgan fingerprint density at radius 3 is 1.33 bits per heavy atom. The van der Waals surface area contributed by atoms with E-state index in [1.54, 1.807) is 11.1 Å². The smallest absolute Gasteiger partial charge is 1.00 e. The van der Waals surface area contributed by atoms with Gasteiger partial charge in [0.05, 0.1) is 0 Å². The first-order valence-corrected chi connectivity index (χ1v) is 9.50. The summed E-state index contributed by atoms with van der Waals surface area (Å²) in [4.78, 5) is 0. The number of allylic oxidation sites excluding steroid dienone is 8. The Morgan fingerprint density at radius 1 is 0.714 bits per heavy atom. The van der Waals surface area contributed by atoms with Crippen molar-refractivity contribution in [1.29, 1.82) is 0 Å². The summed E-state index contributed by atoms with van der Waals surface area (Å²) in [5, 5.41) is 0. The molecule has 0 aromatic carbocycles. The predicted molar refractivity (Wildman–Crippen MR) is 71.2 cm³/mol. The number of hydrogen-bond donors (Lipinski definition) is 0. The topological polar surface area (TPSA) is 0 Å². The zero-order chi connectivity index (χ0) is 12.4. The van der Waals surface area contributed by atoms with Crippen LogP contribution in [0.4, 0.5) is 0 Å². The fraction of sp³-hybridized carbons (Fsp3) is 0.500. The molecular formula is C16H22Cl4W. The Labute approximate surface area is 163 Å². The first kappa shape index (κ1) is 26.7. The van der Waals surface area contributed by atoms with E-state index >= 15 is 0 Å². The number of hydrogen-bond acceptors (Lipinski definition) is 0. The fourth-order valence-corrected chi connectivity index (χ4v) is 7.77. The first-order chi connectivity index (χ1) is 8.09. The minimum atomic E-state index is -0.458. The van der Waals surface area contributed by atoms with Gasteiger partial charge in [-0.1, -0.05) is 0 Å². The Kier molecular flexibility index (Phi) is 15.6. The molecule has 0 saturated heterocycles. The van der Waals surface area contributed by atoms with E-state index in [1.165, 1.54) is 12.8 Å². The molecule has 5 heteroatoms. The summed E-state index contributed by atoms with van der Waals surface area (Å²) < 4.78 is 3.63. The molecule has 21 heavy (non-hydrogen) atoms. The largest absolute Gasteiger partial charge is 1.00 e. The van der Waals surface area contributed by atoms with Gasteiger partial charge in [0.2, 0.25) is 0 Å². The molecule has 0 amide bonds. The first-order valence-electron chi connectivity index (χ1n) is 6.56. The van der Waals surface area contributed by atoms with Crippen LogP contribution in [0.15, 0.2) is 43.4 Å². The van der Waals surface area contributed by atoms with Crippen molar-refractivity contribution >= 4 is 0 Å². The summed E-state index contributed by atoms with van der Waals surface area (Å²) in [6, 6.07) is 0. The minimum absolute atomic E-state index is 0. The molecule has 0 aromatic heterocycles. The second-order valence-electron chi connectivity index (χ2n) is 5.38. The quantitative estimate of drug-likeness (QED) is 0.333. The van der Waals surface area contributed by atoms with E-state index in [0.717, 1.165) is 0 Å². The van der Waals surface area contributed by atoms with Crippen LogP contribution in [-0.4, -0.2) is 0 Å².